The first-order valence-corrected chi connectivity index (χ1v) is 16.8. The number of carbonyl (C=O) groups is 5. The topological polar surface area (TPSA) is 148 Å². The molecule has 0 aromatic heterocycles. The van der Waals surface area contributed by atoms with Gasteiger partial charge in [0.15, 0.2) is 0 Å². The summed E-state index contributed by atoms with van der Waals surface area (Å²) in [7, 11) is 0. The van der Waals surface area contributed by atoms with E-state index in [4.69, 9.17) is 0 Å². The molecule has 1 saturated heterocycles. The maximum atomic E-state index is 13.3. The number of nitrogens with one attached hydrogen (secondary N) is 3. The molecule has 4 N–H and O–H groups in total. The smallest absolute Gasteiger partial charge is 0.330 e. The predicted octanol–water partition coefficient (Wildman–Crippen LogP) is 3.88. The van der Waals surface area contributed by atoms with E-state index < -0.39 is 35.4 Å². The first kappa shape index (κ1) is 35.0. The average molecular weight is 638 g/mol. The summed E-state index contributed by atoms with van der Waals surface area (Å²) in [6.45, 7) is 9.03. The number of rotatable bonds is 14. The Hall–Kier alpha value is -3.89. The molecular formula is C35H51N5O6. The van der Waals surface area contributed by atoms with Gasteiger partial charge >= 0.3 is 12.0 Å². The van der Waals surface area contributed by atoms with Crippen molar-refractivity contribution in [2.24, 2.45) is 11.3 Å². The average Bonchev–Trinajstić information content (AvgIpc) is 3.47. The Kier molecular flexibility index (Phi) is 11.5. The van der Waals surface area contributed by atoms with Crippen LogP contribution in [0.15, 0.2) is 36.4 Å². The van der Waals surface area contributed by atoms with Crippen molar-refractivity contribution >= 4 is 29.7 Å². The molecule has 1 aliphatic carbocycles. The first-order chi connectivity index (χ1) is 21.9. The minimum Gasteiger partial charge on any atom is -0.479 e. The lowest BCUT2D eigenvalue weighted by molar-refractivity contribution is -0.145. The molecule has 0 radical (unpaired) electrons. The third-order valence-corrected chi connectivity index (χ3v) is 9.55. The molecule has 4 atom stereocenters. The Bertz CT molecular complexity index is 1320. The van der Waals surface area contributed by atoms with Crippen molar-refractivity contribution in [1.29, 1.82) is 0 Å². The highest BCUT2D eigenvalue weighted by atomic mass is 16.4. The number of benzene rings is 1. The first-order valence-electron chi connectivity index (χ1n) is 16.8. The van der Waals surface area contributed by atoms with E-state index >= 15 is 0 Å². The number of carbonyl (C=O) groups excluding carboxylic acids is 4. The maximum absolute atomic E-state index is 13.3. The Morgan fingerprint density at radius 3 is 2.59 bits per heavy atom. The molecule has 1 unspecified atom stereocenters. The summed E-state index contributed by atoms with van der Waals surface area (Å²) in [5.74, 6) is -2.29. The molecule has 46 heavy (non-hydrogen) atoms. The number of hydrogen-bond acceptors (Lipinski definition) is 5. The van der Waals surface area contributed by atoms with Gasteiger partial charge in [0.2, 0.25) is 11.8 Å². The Labute approximate surface area is 272 Å². The fourth-order valence-corrected chi connectivity index (χ4v) is 6.43. The molecule has 0 bridgehead atoms. The van der Waals surface area contributed by atoms with E-state index in [2.05, 4.69) is 22.9 Å². The van der Waals surface area contributed by atoms with Crippen LogP contribution in [0.1, 0.15) is 95.0 Å². The number of hydrogen-bond donors (Lipinski definition) is 4. The summed E-state index contributed by atoms with van der Waals surface area (Å²) in [5, 5.41) is 18.3. The van der Waals surface area contributed by atoms with Crippen LogP contribution < -0.4 is 16.0 Å². The summed E-state index contributed by atoms with van der Waals surface area (Å²) < 4.78 is 0. The second-order valence-corrected chi connectivity index (χ2v) is 14.0. The normalized spacial score (nSPS) is 23.2. The van der Waals surface area contributed by atoms with Crippen molar-refractivity contribution in [1.82, 2.24) is 25.8 Å². The summed E-state index contributed by atoms with van der Waals surface area (Å²) >= 11 is 0. The number of allylic oxidation sites excluding steroid dienone is 1. The number of likely N-dealkylation sites (tertiary alicyclic amines) is 1. The highest BCUT2D eigenvalue weighted by Crippen LogP contribution is 2.45. The number of carboxylic acid groups (broad SMARTS) is 1. The molecule has 0 spiro atoms. The molecule has 2 heterocycles. The van der Waals surface area contributed by atoms with E-state index in [1.165, 1.54) is 11.3 Å². The fourth-order valence-electron chi connectivity index (χ4n) is 6.43. The van der Waals surface area contributed by atoms with Crippen molar-refractivity contribution in [3.8, 4) is 0 Å². The Morgan fingerprint density at radius 1 is 1.11 bits per heavy atom. The monoisotopic (exact) mass is 637 g/mol. The largest absolute Gasteiger partial charge is 0.479 e. The van der Waals surface area contributed by atoms with Crippen LogP contribution in [0, 0.1) is 11.3 Å². The summed E-state index contributed by atoms with van der Waals surface area (Å²) in [5.41, 5.74) is -0.00999. The number of amides is 5. The van der Waals surface area contributed by atoms with E-state index in [0.29, 0.717) is 44.5 Å². The minimum atomic E-state index is -1.34. The molecule has 4 rings (SSSR count). The van der Waals surface area contributed by atoms with E-state index in [0.717, 1.165) is 37.7 Å². The molecule has 1 aromatic carbocycles. The van der Waals surface area contributed by atoms with Gasteiger partial charge in [-0.25, -0.2) is 9.59 Å². The predicted molar refractivity (Wildman–Crippen MR) is 175 cm³/mol. The van der Waals surface area contributed by atoms with Crippen LogP contribution in [-0.4, -0.2) is 88.4 Å². The fraction of sp³-hybridized carbons (Fsp3) is 0.629. The molecule has 1 aromatic rings. The lowest BCUT2D eigenvalue weighted by atomic mass is 9.85. The molecule has 11 nitrogen and oxygen atoms in total. The second-order valence-electron chi connectivity index (χ2n) is 14.0. The van der Waals surface area contributed by atoms with E-state index in [1.54, 1.807) is 4.90 Å². The molecule has 1 saturated carbocycles. The van der Waals surface area contributed by atoms with Gasteiger partial charge in [0.05, 0.1) is 12.6 Å². The second kappa shape index (κ2) is 15.1. The highest BCUT2D eigenvalue weighted by Gasteiger charge is 2.61. The number of urea groups is 1. The summed E-state index contributed by atoms with van der Waals surface area (Å²) in [4.78, 5) is 67.9. The zero-order valence-corrected chi connectivity index (χ0v) is 27.8. The number of fused-ring (bicyclic) bond motifs is 1. The molecule has 252 valence electrons. The van der Waals surface area contributed by atoms with Crippen molar-refractivity contribution in [2.45, 2.75) is 103 Å². The molecule has 2 aliphatic heterocycles. The van der Waals surface area contributed by atoms with Gasteiger partial charge in [-0.15, -0.1) is 0 Å². The van der Waals surface area contributed by atoms with Crippen molar-refractivity contribution in [3.05, 3.63) is 47.5 Å². The molecular weight excluding hydrogens is 586 g/mol. The third kappa shape index (κ3) is 8.47. The van der Waals surface area contributed by atoms with Gasteiger partial charge in [0.25, 0.3) is 5.91 Å². The number of aliphatic carboxylic acids is 1. The zero-order valence-electron chi connectivity index (χ0n) is 27.8. The van der Waals surface area contributed by atoms with Crippen LogP contribution in [0.2, 0.25) is 0 Å². The van der Waals surface area contributed by atoms with Crippen LogP contribution >= 0.6 is 0 Å². The molecule has 5 amide bonds. The number of carboxylic acids is 1. The van der Waals surface area contributed by atoms with Gasteiger partial charge < -0.3 is 30.9 Å². The molecule has 11 heteroatoms. The minimum absolute atomic E-state index is 0.0625. The lowest BCUT2D eigenvalue weighted by Crippen LogP contribution is -2.57. The lowest BCUT2D eigenvalue weighted by Gasteiger charge is -2.37. The van der Waals surface area contributed by atoms with Gasteiger partial charge in [-0.3, -0.25) is 14.4 Å². The quantitative estimate of drug-likeness (QED) is 0.180. The molecule has 3 aliphatic rings. The van der Waals surface area contributed by atoms with Crippen LogP contribution in [-0.2, 0) is 20.8 Å². The van der Waals surface area contributed by atoms with E-state index in [1.807, 2.05) is 57.2 Å². The Morgan fingerprint density at radius 2 is 1.87 bits per heavy atom. The van der Waals surface area contributed by atoms with Crippen LogP contribution in [0.25, 0.3) is 0 Å². The number of nitrogens with zero attached hydrogens (tertiary/aromatic N) is 2. The third-order valence-electron chi connectivity index (χ3n) is 9.55. The highest BCUT2D eigenvalue weighted by molar-refractivity contribution is 5.97. The van der Waals surface area contributed by atoms with E-state index in [9.17, 15) is 29.1 Å². The van der Waals surface area contributed by atoms with E-state index in [-0.39, 0.29) is 29.8 Å². The van der Waals surface area contributed by atoms with Crippen molar-refractivity contribution in [3.63, 3.8) is 0 Å². The van der Waals surface area contributed by atoms with Crippen LogP contribution in [0.3, 0.4) is 0 Å². The van der Waals surface area contributed by atoms with Gasteiger partial charge in [-0.1, -0.05) is 77.3 Å². The van der Waals surface area contributed by atoms with Crippen molar-refractivity contribution < 1.29 is 29.1 Å². The zero-order chi connectivity index (χ0) is 33.5. The van der Waals surface area contributed by atoms with Crippen molar-refractivity contribution in [2.75, 3.05) is 26.2 Å². The van der Waals surface area contributed by atoms with Crippen LogP contribution in [0.4, 0.5) is 4.79 Å². The molecule has 2 fully saturated rings. The maximum Gasteiger partial charge on any atom is 0.330 e. The SMILES string of the molecule is CCCCCC/C=C\C1C[C@]1(NC(=O)[C@@H]1CCCN1C(=O)CNC(=O)N[C@H](CN1CCc2ccccc2C1=O)C(C)(C)C)C(=O)O. The number of unbranched alkanes of at least 4 members (excludes halogenated alkanes) is 4. The summed E-state index contributed by atoms with van der Waals surface area (Å²) in [6, 6.07) is 5.85. The summed E-state index contributed by atoms with van der Waals surface area (Å²) in [6.07, 6.45) is 11.4. The standard InChI is InChI=1S/C35H51N5O6/c1-5-6-7-8-9-10-15-25-21-35(25,32(44)45)38-30(42)27-17-13-19-40(27)29(41)22-36-33(46)37-28(34(2,3)4)23-39-20-18-24-14-11-12-16-26(24)31(39)43/h10-12,14-16,25,27-28H,5-9,13,17-23H2,1-4H3,(H,38,42)(H,44,45)(H2,36,37,46)/b15-10-/t25?,27-,28+,35+/m0/s1. The Balaban J connectivity index is 1.28. The van der Waals surface area contributed by atoms with Gasteiger partial charge in [0.1, 0.15) is 11.6 Å². The van der Waals surface area contributed by atoms with Gasteiger partial charge in [-0.2, -0.15) is 0 Å². The van der Waals surface area contributed by atoms with Crippen LogP contribution in [0.5, 0.6) is 0 Å². The van der Waals surface area contributed by atoms with Gasteiger partial charge in [-0.05, 0) is 55.6 Å². The van der Waals surface area contributed by atoms with Gasteiger partial charge in [0, 0.05) is 31.1 Å².